The number of ether oxygens (including phenoxy) is 1. The van der Waals surface area contributed by atoms with E-state index in [9.17, 15) is 14.4 Å². The number of amides is 3. The summed E-state index contributed by atoms with van der Waals surface area (Å²) < 4.78 is 6.56. The molecule has 3 aromatic rings. The van der Waals surface area contributed by atoms with Gasteiger partial charge in [-0.2, -0.15) is 0 Å². The van der Waals surface area contributed by atoms with Crippen molar-refractivity contribution in [2.45, 2.75) is 51.0 Å². The largest absolute Gasteiger partial charge is 0.487 e. The normalized spacial score (nSPS) is 19.1. The number of hydrogen-bond acceptors (Lipinski definition) is 6. The Morgan fingerprint density at radius 2 is 1.79 bits per heavy atom. The Balaban J connectivity index is 1.32. The molecule has 3 aromatic carbocycles. The molecule has 2 aliphatic rings. The van der Waals surface area contributed by atoms with E-state index in [-0.39, 0.29) is 18.1 Å². The van der Waals surface area contributed by atoms with Crippen molar-refractivity contribution in [2.75, 3.05) is 18.0 Å². The van der Waals surface area contributed by atoms with E-state index in [1.54, 1.807) is 11.0 Å². The molecule has 1 saturated heterocycles. The van der Waals surface area contributed by atoms with Crippen molar-refractivity contribution in [3.8, 4) is 5.75 Å². The first-order valence-corrected chi connectivity index (χ1v) is 13.5. The van der Waals surface area contributed by atoms with Gasteiger partial charge in [0.05, 0.1) is 12.6 Å². The number of nitrogens with one attached hydrogen (secondary N) is 2. The highest BCUT2D eigenvalue weighted by atomic mass is 16.5. The van der Waals surface area contributed by atoms with Crippen molar-refractivity contribution in [1.29, 1.82) is 0 Å². The van der Waals surface area contributed by atoms with Crippen LogP contribution in [0, 0.1) is 0 Å². The standard InChI is InChI=1S/C31H34N4O4/c1-2-9-28(30(37)33-21-36)35-18-23-16-25(14-15-26(23)31(35)38)39-29-20-34(24-12-7-4-8-13-24)19-27(29)32-17-22-10-5-3-6-11-22/h3-8,10-16,21,27-29,32H,2,9,17-20H2,1H3,(H,33,36,37). The van der Waals surface area contributed by atoms with Crippen LogP contribution in [0.25, 0.3) is 0 Å². The molecule has 39 heavy (non-hydrogen) atoms. The molecule has 202 valence electrons. The van der Waals surface area contributed by atoms with Crippen molar-refractivity contribution >= 4 is 23.9 Å². The minimum absolute atomic E-state index is 0.0952. The molecule has 2 N–H and O–H groups in total. The number of nitrogens with zero attached hydrogens (tertiary/aromatic N) is 2. The lowest BCUT2D eigenvalue weighted by Gasteiger charge is -2.25. The molecule has 8 heteroatoms. The average molecular weight is 527 g/mol. The van der Waals surface area contributed by atoms with Gasteiger partial charge in [-0.05, 0) is 47.9 Å². The second-order valence-corrected chi connectivity index (χ2v) is 10.1. The first-order valence-electron chi connectivity index (χ1n) is 13.5. The number of imide groups is 1. The van der Waals surface area contributed by atoms with Crippen LogP contribution in [-0.4, -0.2) is 54.4 Å². The minimum Gasteiger partial charge on any atom is -0.487 e. The Morgan fingerprint density at radius 3 is 2.51 bits per heavy atom. The Bertz CT molecular complexity index is 1300. The molecule has 5 rings (SSSR count). The molecule has 2 aliphatic heterocycles. The van der Waals surface area contributed by atoms with Crippen LogP contribution in [0.5, 0.6) is 5.75 Å². The molecule has 0 saturated carbocycles. The SMILES string of the molecule is CCCC(C(=O)NC=O)N1Cc2cc(OC3CN(c4ccccc4)CC3NCc3ccccc3)ccc2C1=O. The zero-order valence-corrected chi connectivity index (χ0v) is 22.1. The summed E-state index contributed by atoms with van der Waals surface area (Å²) in [6, 6.07) is 25.6. The van der Waals surface area contributed by atoms with Crippen LogP contribution in [0.4, 0.5) is 5.69 Å². The lowest BCUT2D eigenvalue weighted by atomic mass is 10.1. The van der Waals surface area contributed by atoms with Gasteiger partial charge in [0.25, 0.3) is 5.91 Å². The molecule has 3 amide bonds. The minimum atomic E-state index is -0.690. The van der Waals surface area contributed by atoms with Crippen LogP contribution >= 0.6 is 0 Å². The molecule has 0 radical (unpaired) electrons. The first kappa shape index (κ1) is 26.4. The predicted molar refractivity (Wildman–Crippen MR) is 149 cm³/mol. The Labute approximate surface area is 228 Å². The van der Waals surface area contributed by atoms with Crippen LogP contribution < -0.4 is 20.3 Å². The van der Waals surface area contributed by atoms with Crippen LogP contribution in [-0.2, 0) is 22.7 Å². The van der Waals surface area contributed by atoms with Crippen molar-refractivity contribution in [2.24, 2.45) is 0 Å². The zero-order valence-electron chi connectivity index (χ0n) is 22.1. The third-order valence-corrected chi connectivity index (χ3v) is 7.44. The quantitative estimate of drug-likeness (QED) is 0.372. The monoisotopic (exact) mass is 526 g/mol. The molecule has 3 atom stereocenters. The van der Waals surface area contributed by atoms with Gasteiger partial charge in [0, 0.05) is 30.9 Å². The third kappa shape index (κ3) is 5.96. The molecule has 3 unspecified atom stereocenters. The molecule has 2 heterocycles. The summed E-state index contributed by atoms with van der Waals surface area (Å²) in [5.41, 5.74) is 3.76. The summed E-state index contributed by atoms with van der Waals surface area (Å²) in [6.07, 6.45) is 1.45. The van der Waals surface area contributed by atoms with E-state index in [4.69, 9.17) is 4.74 Å². The third-order valence-electron chi connectivity index (χ3n) is 7.44. The van der Waals surface area contributed by atoms with Crippen molar-refractivity contribution in [3.63, 3.8) is 0 Å². The summed E-state index contributed by atoms with van der Waals surface area (Å²) in [5.74, 6) is 0.0394. The van der Waals surface area contributed by atoms with Gasteiger partial charge in [-0.15, -0.1) is 0 Å². The van der Waals surface area contributed by atoms with E-state index >= 15 is 0 Å². The van der Waals surface area contributed by atoms with Gasteiger partial charge in [-0.1, -0.05) is 61.9 Å². The number of benzene rings is 3. The lowest BCUT2D eigenvalue weighted by Crippen LogP contribution is -2.46. The van der Waals surface area contributed by atoms with Gasteiger partial charge in [0.2, 0.25) is 12.3 Å². The molecule has 0 spiro atoms. The van der Waals surface area contributed by atoms with E-state index in [0.717, 1.165) is 30.9 Å². The number of carbonyl (C=O) groups is 3. The Kier molecular flexibility index (Phi) is 8.22. The summed E-state index contributed by atoms with van der Waals surface area (Å²) in [6.45, 7) is 4.53. The number of hydrogen-bond donors (Lipinski definition) is 2. The molecular weight excluding hydrogens is 492 g/mol. The second-order valence-electron chi connectivity index (χ2n) is 10.1. The average Bonchev–Trinajstić information content (AvgIpc) is 3.51. The fourth-order valence-electron chi connectivity index (χ4n) is 5.46. The van der Waals surface area contributed by atoms with Crippen molar-refractivity contribution in [3.05, 3.63) is 95.6 Å². The smallest absolute Gasteiger partial charge is 0.255 e. The number of fused-ring (bicyclic) bond motifs is 1. The maximum atomic E-state index is 13.1. The molecule has 0 aliphatic carbocycles. The number of anilines is 1. The maximum Gasteiger partial charge on any atom is 0.255 e. The summed E-state index contributed by atoms with van der Waals surface area (Å²) in [5, 5.41) is 5.90. The van der Waals surface area contributed by atoms with Crippen LogP contribution in [0.1, 0.15) is 41.3 Å². The maximum absolute atomic E-state index is 13.1. The van der Waals surface area contributed by atoms with E-state index in [1.807, 2.05) is 55.5 Å². The highest BCUT2D eigenvalue weighted by Crippen LogP contribution is 2.31. The number of carbonyl (C=O) groups excluding carboxylic acids is 3. The predicted octanol–water partition coefficient (Wildman–Crippen LogP) is 3.51. The number of rotatable bonds is 11. The lowest BCUT2D eigenvalue weighted by molar-refractivity contribution is -0.129. The molecule has 1 fully saturated rings. The highest BCUT2D eigenvalue weighted by molar-refractivity contribution is 6.02. The van der Waals surface area contributed by atoms with Gasteiger partial charge in [-0.25, -0.2) is 0 Å². The van der Waals surface area contributed by atoms with Crippen LogP contribution in [0.2, 0.25) is 0 Å². The van der Waals surface area contributed by atoms with Gasteiger partial charge in [0.15, 0.2) is 0 Å². The highest BCUT2D eigenvalue weighted by Gasteiger charge is 2.37. The molecule has 0 aromatic heterocycles. The summed E-state index contributed by atoms with van der Waals surface area (Å²) >= 11 is 0. The van der Waals surface area contributed by atoms with Gasteiger partial charge >= 0.3 is 0 Å². The Morgan fingerprint density at radius 1 is 1.05 bits per heavy atom. The van der Waals surface area contributed by atoms with E-state index in [1.165, 1.54) is 5.56 Å². The van der Waals surface area contributed by atoms with Gasteiger partial charge < -0.3 is 19.9 Å². The fourth-order valence-corrected chi connectivity index (χ4v) is 5.46. The molecule has 0 bridgehead atoms. The second kappa shape index (κ2) is 12.1. The van der Waals surface area contributed by atoms with Gasteiger partial charge in [0.1, 0.15) is 17.9 Å². The zero-order chi connectivity index (χ0) is 27.2. The van der Waals surface area contributed by atoms with Crippen molar-refractivity contribution < 1.29 is 19.1 Å². The summed E-state index contributed by atoms with van der Waals surface area (Å²) in [7, 11) is 0. The van der Waals surface area contributed by atoms with E-state index < -0.39 is 11.9 Å². The van der Waals surface area contributed by atoms with Crippen molar-refractivity contribution in [1.82, 2.24) is 15.5 Å². The first-order chi connectivity index (χ1) is 19.1. The molecular formula is C31H34N4O4. The van der Waals surface area contributed by atoms with E-state index in [0.29, 0.717) is 37.1 Å². The molecule has 8 nitrogen and oxygen atoms in total. The van der Waals surface area contributed by atoms with Crippen LogP contribution in [0.15, 0.2) is 78.9 Å². The topological polar surface area (TPSA) is 91.0 Å². The summed E-state index contributed by atoms with van der Waals surface area (Å²) in [4.78, 5) is 40.4. The van der Waals surface area contributed by atoms with Gasteiger partial charge in [-0.3, -0.25) is 19.7 Å². The van der Waals surface area contributed by atoms with E-state index in [2.05, 4.69) is 39.8 Å². The fraction of sp³-hybridized carbons (Fsp3) is 0.323. The van der Waals surface area contributed by atoms with Crippen LogP contribution in [0.3, 0.4) is 0 Å². The Hall–Kier alpha value is -4.17. The number of para-hydroxylation sites is 1.